The molecule has 5 nitrogen and oxygen atoms in total. The topological polar surface area (TPSA) is 51.7 Å². The second-order valence-electron chi connectivity index (χ2n) is 5.02. The molecule has 110 valence electrons. The van der Waals surface area contributed by atoms with Crippen LogP contribution >= 0.6 is 0 Å². The van der Waals surface area contributed by atoms with E-state index in [-0.39, 0.29) is 12.2 Å². The summed E-state index contributed by atoms with van der Waals surface area (Å²) in [5, 5.41) is 1.09. The van der Waals surface area contributed by atoms with Crippen LogP contribution in [0.3, 0.4) is 0 Å². The molecule has 0 bridgehead atoms. The van der Waals surface area contributed by atoms with Crippen molar-refractivity contribution in [2.24, 2.45) is 0 Å². The SMILES string of the molecule is CCOC(=O)N1CCC(Oc2ccc3ccccc3n2)C1. The minimum atomic E-state index is -0.268. The number of hydrogen-bond acceptors (Lipinski definition) is 4. The van der Waals surface area contributed by atoms with Crippen LogP contribution in [0.2, 0.25) is 0 Å². The highest BCUT2D eigenvalue weighted by Gasteiger charge is 2.28. The molecule has 0 aliphatic carbocycles. The Morgan fingerprint density at radius 2 is 2.19 bits per heavy atom. The first kappa shape index (κ1) is 13.7. The highest BCUT2D eigenvalue weighted by Crippen LogP contribution is 2.20. The van der Waals surface area contributed by atoms with Crippen molar-refractivity contribution >= 4 is 17.0 Å². The van der Waals surface area contributed by atoms with Crippen LogP contribution in [0.15, 0.2) is 36.4 Å². The first-order chi connectivity index (χ1) is 10.3. The van der Waals surface area contributed by atoms with Gasteiger partial charge in [0.1, 0.15) is 6.10 Å². The summed E-state index contributed by atoms with van der Waals surface area (Å²) in [6.07, 6.45) is 0.506. The fraction of sp³-hybridized carbons (Fsp3) is 0.375. The lowest BCUT2D eigenvalue weighted by atomic mass is 10.2. The van der Waals surface area contributed by atoms with Crippen LogP contribution in [0.4, 0.5) is 4.79 Å². The third-order valence-corrected chi connectivity index (χ3v) is 3.53. The number of rotatable bonds is 3. The lowest BCUT2D eigenvalue weighted by Gasteiger charge is -2.16. The van der Waals surface area contributed by atoms with E-state index in [2.05, 4.69) is 4.98 Å². The minimum absolute atomic E-state index is 0.0249. The van der Waals surface area contributed by atoms with Crippen molar-refractivity contribution in [1.29, 1.82) is 0 Å². The van der Waals surface area contributed by atoms with Crippen LogP contribution < -0.4 is 4.74 Å². The summed E-state index contributed by atoms with van der Waals surface area (Å²) < 4.78 is 10.9. The molecule has 2 aromatic rings. The molecule has 1 aliphatic rings. The quantitative estimate of drug-likeness (QED) is 0.870. The largest absolute Gasteiger partial charge is 0.472 e. The molecule has 1 saturated heterocycles. The van der Waals surface area contributed by atoms with Crippen LogP contribution in [0.1, 0.15) is 13.3 Å². The molecule has 1 amide bonds. The molecule has 1 aromatic heterocycles. The smallest absolute Gasteiger partial charge is 0.409 e. The maximum absolute atomic E-state index is 11.7. The van der Waals surface area contributed by atoms with E-state index in [0.717, 1.165) is 17.3 Å². The Kier molecular flexibility index (Phi) is 3.90. The second-order valence-corrected chi connectivity index (χ2v) is 5.02. The van der Waals surface area contributed by atoms with Gasteiger partial charge in [-0.2, -0.15) is 0 Å². The number of carbonyl (C=O) groups excluding carboxylic acids is 1. The average Bonchev–Trinajstić information content (AvgIpc) is 2.96. The molecule has 1 fully saturated rings. The van der Waals surface area contributed by atoms with Gasteiger partial charge in [-0.05, 0) is 19.1 Å². The van der Waals surface area contributed by atoms with Crippen molar-refractivity contribution in [3.05, 3.63) is 36.4 Å². The number of fused-ring (bicyclic) bond motifs is 1. The monoisotopic (exact) mass is 286 g/mol. The molecule has 0 radical (unpaired) electrons. The zero-order chi connectivity index (χ0) is 14.7. The molecule has 2 heterocycles. The van der Waals surface area contributed by atoms with E-state index in [4.69, 9.17) is 9.47 Å². The van der Waals surface area contributed by atoms with Crippen molar-refractivity contribution in [1.82, 2.24) is 9.88 Å². The van der Waals surface area contributed by atoms with Gasteiger partial charge < -0.3 is 14.4 Å². The molecule has 21 heavy (non-hydrogen) atoms. The summed E-state index contributed by atoms with van der Waals surface area (Å²) in [5.41, 5.74) is 0.912. The standard InChI is InChI=1S/C16H18N2O3/c1-2-20-16(19)18-10-9-13(11-18)21-15-8-7-12-5-3-4-6-14(12)17-15/h3-8,13H,2,9-11H2,1H3. The molecule has 5 heteroatoms. The number of nitrogens with zero attached hydrogens (tertiary/aromatic N) is 2. The van der Waals surface area contributed by atoms with Crippen LogP contribution in [0, 0.1) is 0 Å². The summed E-state index contributed by atoms with van der Waals surface area (Å²) in [6.45, 7) is 3.42. The molecule has 1 unspecified atom stereocenters. The Morgan fingerprint density at radius 3 is 3.05 bits per heavy atom. The predicted molar refractivity (Wildman–Crippen MR) is 79.4 cm³/mol. The van der Waals surface area contributed by atoms with Crippen molar-refractivity contribution in [2.45, 2.75) is 19.4 Å². The van der Waals surface area contributed by atoms with Crippen molar-refractivity contribution in [3.63, 3.8) is 0 Å². The van der Waals surface area contributed by atoms with E-state index in [0.29, 0.717) is 25.6 Å². The van der Waals surface area contributed by atoms with E-state index in [1.807, 2.05) is 36.4 Å². The molecular weight excluding hydrogens is 268 g/mol. The Hall–Kier alpha value is -2.30. The van der Waals surface area contributed by atoms with Gasteiger partial charge in [-0.3, -0.25) is 0 Å². The molecule has 0 N–H and O–H groups in total. The summed E-state index contributed by atoms with van der Waals surface area (Å²) >= 11 is 0. The number of pyridine rings is 1. The van der Waals surface area contributed by atoms with Crippen LogP contribution in [0.5, 0.6) is 5.88 Å². The third-order valence-electron chi connectivity index (χ3n) is 3.53. The van der Waals surface area contributed by atoms with E-state index in [1.165, 1.54) is 0 Å². The number of hydrogen-bond donors (Lipinski definition) is 0. The van der Waals surface area contributed by atoms with Gasteiger partial charge in [0, 0.05) is 24.4 Å². The third kappa shape index (κ3) is 3.07. The lowest BCUT2D eigenvalue weighted by Crippen LogP contribution is -2.31. The molecule has 1 aliphatic heterocycles. The Bertz CT molecular complexity index is 644. The van der Waals surface area contributed by atoms with E-state index in [9.17, 15) is 4.79 Å². The van der Waals surface area contributed by atoms with Crippen molar-refractivity contribution < 1.29 is 14.3 Å². The predicted octanol–water partition coefficient (Wildman–Crippen LogP) is 2.84. The number of aromatic nitrogens is 1. The Balaban J connectivity index is 1.65. The highest BCUT2D eigenvalue weighted by atomic mass is 16.6. The second kappa shape index (κ2) is 5.99. The summed E-state index contributed by atoms with van der Waals surface area (Å²) in [4.78, 5) is 17.8. The molecule has 0 spiro atoms. The number of para-hydroxylation sites is 1. The van der Waals surface area contributed by atoms with Gasteiger partial charge in [0.15, 0.2) is 0 Å². The summed E-state index contributed by atoms with van der Waals surface area (Å²) in [7, 11) is 0. The first-order valence-electron chi connectivity index (χ1n) is 7.20. The molecular formula is C16H18N2O3. The van der Waals surface area contributed by atoms with E-state index in [1.54, 1.807) is 11.8 Å². The first-order valence-corrected chi connectivity index (χ1v) is 7.20. The van der Waals surface area contributed by atoms with Crippen LogP contribution in [0.25, 0.3) is 10.9 Å². The highest BCUT2D eigenvalue weighted by molar-refractivity contribution is 5.78. The lowest BCUT2D eigenvalue weighted by molar-refractivity contribution is 0.109. The number of benzene rings is 1. The van der Waals surface area contributed by atoms with Gasteiger partial charge in [0.25, 0.3) is 0 Å². The van der Waals surface area contributed by atoms with E-state index < -0.39 is 0 Å². The maximum Gasteiger partial charge on any atom is 0.409 e. The van der Waals surface area contributed by atoms with Crippen molar-refractivity contribution in [3.8, 4) is 5.88 Å². The molecule has 3 rings (SSSR count). The Morgan fingerprint density at radius 1 is 1.33 bits per heavy atom. The number of likely N-dealkylation sites (tertiary alicyclic amines) is 1. The fourth-order valence-corrected chi connectivity index (χ4v) is 2.49. The van der Waals surface area contributed by atoms with Crippen molar-refractivity contribution in [2.75, 3.05) is 19.7 Å². The molecule has 1 aromatic carbocycles. The van der Waals surface area contributed by atoms with Crippen LogP contribution in [-0.4, -0.2) is 41.8 Å². The minimum Gasteiger partial charge on any atom is -0.472 e. The number of amides is 1. The summed E-state index contributed by atoms with van der Waals surface area (Å²) in [6, 6.07) is 11.8. The zero-order valence-corrected chi connectivity index (χ0v) is 12.0. The molecule has 0 saturated carbocycles. The van der Waals surface area contributed by atoms with Gasteiger partial charge in [0.05, 0.1) is 18.7 Å². The maximum atomic E-state index is 11.7. The van der Waals surface area contributed by atoms with E-state index >= 15 is 0 Å². The fourth-order valence-electron chi connectivity index (χ4n) is 2.49. The normalized spacial score (nSPS) is 18.0. The van der Waals surface area contributed by atoms with Gasteiger partial charge >= 0.3 is 6.09 Å². The van der Waals surface area contributed by atoms with Gasteiger partial charge in [-0.15, -0.1) is 0 Å². The zero-order valence-electron chi connectivity index (χ0n) is 12.0. The Labute approximate surface area is 123 Å². The van der Waals surface area contributed by atoms with Crippen LogP contribution in [-0.2, 0) is 4.74 Å². The van der Waals surface area contributed by atoms with Gasteiger partial charge in [-0.1, -0.05) is 18.2 Å². The van der Waals surface area contributed by atoms with Gasteiger partial charge in [-0.25, -0.2) is 9.78 Å². The van der Waals surface area contributed by atoms with Gasteiger partial charge in [0.2, 0.25) is 5.88 Å². The number of carbonyl (C=O) groups is 1. The summed E-state index contributed by atoms with van der Waals surface area (Å²) in [5.74, 6) is 0.601. The molecule has 1 atom stereocenters. The average molecular weight is 286 g/mol. The number of ether oxygens (including phenoxy) is 2.